The number of nitrogens with zero attached hydrogens (tertiary/aromatic N) is 2. The summed E-state index contributed by atoms with van der Waals surface area (Å²) < 4.78 is 0. The van der Waals surface area contributed by atoms with Crippen molar-refractivity contribution in [2.45, 2.75) is 19.8 Å². The summed E-state index contributed by atoms with van der Waals surface area (Å²) >= 11 is 0. The van der Waals surface area contributed by atoms with Gasteiger partial charge < -0.3 is 5.11 Å². The van der Waals surface area contributed by atoms with Crippen LogP contribution >= 0.6 is 0 Å². The van der Waals surface area contributed by atoms with E-state index in [9.17, 15) is 5.11 Å². The molecule has 0 spiro atoms. The zero-order valence-electron chi connectivity index (χ0n) is 8.23. The molecule has 0 atom stereocenters. The number of phenolic OH excluding ortho intramolecular Hbond substituents is 1. The van der Waals surface area contributed by atoms with E-state index in [1.807, 2.05) is 0 Å². The Balaban J connectivity index is 2.80. The molecule has 0 amide bonds. The van der Waals surface area contributed by atoms with Crippen molar-refractivity contribution in [1.29, 1.82) is 0 Å². The minimum absolute atomic E-state index is 0.286. The molecule has 1 aromatic heterocycles. The van der Waals surface area contributed by atoms with Crippen LogP contribution in [0.1, 0.15) is 25.3 Å². The topological polar surface area (TPSA) is 46.0 Å². The lowest BCUT2D eigenvalue weighted by Gasteiger charge is -2.09. The molecule has 0 unspecified atom stereocenters. The normalized spacial score (nSPS) is 11.1. The first-order valence-electron chi connectivity index (χ1n) is 4.62. The van der Waals surface area contributed by atoms with Crippen molar-refractivity contribution < 1.29 is 5.11 Å². The maximum atomic E-state index is 9.51. The zero-order chi connectivity index (χ0) is 10.1. The van der Waals surface area contributed by atoms with Crippen LogP contribution in [0.2, 0.25) is 0 Å². The molecule has 2 aromatic rings. The van der Waals surface area contributed by atoms with Gasteiger partial charge in [-0.25, -0.2) is 0 Å². The fraction of sp³-hybridized carbons (Fsp3) is 0.273. The van der Waals surface area contributed by atoms with E-state index in [-0.39, 0.29) is 5.75 Å². The minimum atomic E-state index is 0.286. The third-order valence-electron chi connectivity index (χ3n) is 2.30. The van der Waals surface area contributed by atoms with Crippen molar-refractivity contribution in [1.82, 2.24) is 10.2 Å². The van der Waals surface area contributed by atoms with Gasteiger partial charge in [-0.15, -0.1) is 0 Å². The van der Waals surface area contributed by atoms with Gasteiger partial charge in [-0.1, -0.05) is 13.8 Å². The van der Waals surface area contributed by atoms with Gasteiger partial charge in [0.05, 0.1) is 12.4 Å². The highest BCUT2D eigenvalue weighted by Crippen LogP contribution is 2.28. The second-order valence-corrected chi connectivity index (χ2v) is 3.68. The van der Waals surface area contributed by atoms with Gasteiger partial charge in [-0.05, 0) is 23.6 Å². The van der Waals surface area contributed by atoms with Gasteiger partial charge in [-0.2, -0.15) is 10.2 Å². The second kappa shape index (κ2) is 3.25. The van der Waals surface area contributed by atoms with Gasteiger partial charge in [0, 0.05) is 10.8 Å². The molecule has 0 aliphatic carbocycles. The molecule has 14 heavy (non-hydrogen) atoms. The zero-order valence-corrected chi connectivity index (χ0v) is 8.23. The molecule has 1 heterocycles. The van der Waals surface area contributed by atoms with Crippen molar-refractivity contribution in [3.05, 3.63) is 30.1 Å². The Morgan fingerprint density at radius 2 is 1.86 bits per heavy atom. The van der Waals surface area contributed by atoms with Crippen LogP contribution in [0.5, 0.6) is 5.75 Å². The molecule has 0 aliphatic rings. The first-order chi connectivity index (χ1) is 6.68. The average Bonchev–Trinajstić information content (AvgIpc) is 2.16. The first kappa shape index (κ1) is 8.94. The van der Waals surface area contributed by atoms with Crippen LogP contribution in [0.4, 0.5) is 0 Å². The van der Waals surface area contributed by atoms with E-state index >= 15 is 0 Å². The van der Waals surface area contributed by atoms with E-state index in [0.29, 0.717) is 5.92 Å². The molecular weight excluding hydrogens is 176 g/mol. The van der Waals surface area contributed by atoms with Crippen molar-refractivity contribution in [2.75, 3.05) is 0 Å². The predicted octanol–water partition coefficient (Wildman–Crippen LogP) is 2.46. The van der Waals surface area contributed by atoms with E-state index < -0.39 is 0 Å². The first-order valence-corrected chi connectivity index (χ1v) is 4.62. The van der Waals surface area contributed by atoms with Crippen LogP contribution in [0, 0.1) is 0 Å². The van der Waals surface area contributed by atoms with Crippen molar-refractivity contribution in [3.63, 3.8) is 0 Å². The summed E-state index contributed by atoms with van der Waals surface area (Å²) in [6.07, 6.45) is 3.41. The number of hydrogen-bond donors (Lipinski definition) is 1. The third-order valence-corrected chi connectivity index (χ3v) is 2.30. The standard InChI is InChI=1S/C11H12N2O/c1-7(2)10-4-9(14)3-8-5-12-13-6-11(8)10/h3-7,14H,1-2H3. The van der Waals surface area contributed by atoms with E-state index in [1.54, 1.807) is 24.5 Å². The van der Waals surface area contributed by atoms with Crippen LogP contribution in [-0.4, -0.2) is 15.3 Å². The Bertz CT molecular complexity index is 466. The Morgan fingerprint density at radius 3 is 2.57 bits per heavy atom. The van der Waals surface area contributed by atoms with Crippen LogP contribution in [0.3, 0.4) is 0 Å². The summed E-state index contributed by atoms with van der Waals surface area (Å²) in [6.45, 7) is 4.18. The van der Waals surface area contributed by atoms with Crippen molar-refractivity contribution in [3.8, 4) is 5.75 Å². The summed E-state index contributed by atoms with van der Waals surface area (Å²) in [5, 5.41) is 19.2. The van der Waals surface area contributed by atoms with Crippen LogP contribution < -0.4 is 0 Å². The number of hydrogen-bond acceptors (Lipinski definition) is 3. The molecule has 1 N–H and O–H groups in total. The lowest BCUT2D eigenvalue weighted by Crippen LogP contribution is -1.91. The Morgan fingerprint density at radius 1 is 1.14 bits per heavy atom. The lowest BCUT2D eigenvalue weighted by atomic mass is 9.98. The second-order valence-electron chi connectivity index (χ2n) is 3.68. The lowest BCUT2D eigenvalue weighted by molar-refractivity contribution is 0.475. The molecule has 0 aliphatic heterocycles. The van der Waals surface area contributed by atoms with Gasteiger partial charge >= 0.3 is 0 Å². The number of aromatic nitrogens is 2. The fourth-order valence-electron chi connectivity index (χ4n) is 1.60. The number of aromatic hydroxyl groups is 1. The smallest absolute Gasteiger partial charge is 0.116 e. The van der Waals surface area contributed by atoms with Gasteiger partial charge in [0.1, 0.15) is 5.75 Å². The van der Waals surface area contributed by atoms with Gasteiger partial charge in [0.2, 0.25) is 0 Å². The quantitative estimate of drug-likeness (QED) is 0.747. The molecule has 3 nitrogen and oxygen atoms in total. The van der Waals surface area contributed by atoms with Crippen LogP contribution in [-0.2, 0) is 0 Å². The molecule has 1 aromatic carbocycles. The highest BCUT2D eigenvalue weighted by molar-refractivity contribution is 5.86. The largest absolute Gasteiger partial charge is 0.508 e. The number of phenols is 1. The van der Waals surface area contributed by atoms with Crippen molar-refractivity contribution in [2.24, 2.45) is 0 Å². The minimum Gasteiger partial charge on any atom is -0.508 e. The van der Waals surface area contributed by atoms with Crippen LogP contribution in [0.25, 0.3) is 10.8 Å². The van der Waals surface area contributed by atoms with Crippen LogP contribution in [0.15, 0.2) is 24.5 Å². The fourth-order valence-corrected chi connectivity index (χ4v) is 1.60. The number of benzene rings is 1. The average molecular weight is 188 g/mol. The Kier molecular flexibility index (Phi) is 2.08. The number of rotatable bonds is 1. The molecule has 72 valence electrons. The molecule has 0 saturated carbocycles. The SMILES string of the molecule is CC(C)c1cc(O)cc2cnncc12. The maximum absolute atomic E-state index is 9.51. The molecule has 0 bridgehead atoms. The molecular formula is C11H12N2O. The van der Waals surface area contributed by atoms with E-state index in [0.717, 1.165) is 16.3 Å². The van der Waals surface area contributed by atoms with E-state index in [1.165, 1.54) is 0 Å². The highest BCUT2D eigenvalue weighted by atomic mass is 16.3. The monoisotopic (exact) mass is 188 g/mol. The summed E-state index contributed by atoms with van der Waals surface area (Å²) in [7, 11) is 0. The molecule has 2 rings (SSSR count). The summed E-state index contributed by atoms with van der Waals surface area (Å²) in [5.41, 5.74) is 1.11. The molecule has 3 heteroatoms. The molecule has 0 saturated heterocycles. The Hall–Kier alpha value is -1.64. The number of fused-ring (bicyclic) bond motifs is 1. The van der Waals surface area contributed by atoms with E-state index in [2.05, 4.69) is 24.0 Å². The molecule has 0 fully saturated rings. The predicted molar refractivity (Wildman–Crippen MR) is 55.3 cm³/mol. The summed E-state index contributed by atoms with van der Waals surface area (Å²) in [4.78, 5) is 0. The van der Waals surface area contributed by atoms with E-state index in [4.69, 9.17) is 0 Å². The summed E-state index contributed by atoms with van der Waals surface area (Å²) in [5.74, 6) is 0.656. The van der Waals surface area contributed by atoms with Gasteiger partial charge in [0.25, 0.3) is 0 Å². The third kappa shape index (κ3) is 1.41. The van der Waals surface area contributed by atoms with Crippen molar-refractivity contribution >= 4 is 10.8 Å². The Labute approximate surface area is 82.4 Å². The highest BCUT2D eigenvalue weighted by Gasteiger charge is 2.07. The maximum Gasteiger partial charge on any atom is 0.116 e. The summed E-state index contributed by atoms with van der Waals surface area (Å²) in [6, 6.07) is 3.49. The molecule has 0 radical (unpaired) electrons. The van der Waals surface area contributed by atoms with Gasteiger partial charge in [-0.3, -0.25) is 0 Å². The van der Waals surface area contributed by atoms with Gasteiger partial charge in [0.15, 0.2) is 0 Å².